The molecule has 2 heterocycles. The molecule has 6 nitrogen and oxygen atoms in total. The van der Waals surface area contributed by atoms with E-state index in [0.717, 1.165) is 0 Å². The topological polar surface area (TPSA) is 60.9 Å². The Morgan fingerprint density at radius 2 is 2.15 bits per heavy atom. The van der Waals surface area contributed by atoms with E-state index < -0.39 is 30.0 Å². The van der Waals surface area contributed by atoms with E-state index in [-0.39, 0.29) is 26.5 Å². The lowest BCUT2D eigenvalue weighted by Crippen LogP contribution is -2.49. The van der Waals surface area contributed by atoms with Gasteiger partial charge in [0.2, 0.25) is 0 Å². The summed E-state index contributed by atoms with van der Waals surface area (Å²) in [6, 6.07) is 3.14. The van der Waals surface area contributed by atoms with Gasteiger partial charge in [-0.2, -0.15) is 0 Å². The fourth-order valence-electron chi connectivity index (χ4n) is 2.77. The lowest BCUT2D eigenvalue weighted by atomic mass is 9.87. The molecule has 0 bridgehead atoms. The number of ether oxygens (including phenoxy) is 3. The monoisotopic (exact) mass is 372 g/mol. The van der Waals surface area contributed by atoms with Crippen LogP contribution in [0.25, 0.3) is 0 Å². The lowest BCUT2D eigenvalue weighted by molar-refractivity contribution is -0.0772. The number of carbonyl (C=O) groups excluding carboxylic acids is 1. The molecule has 0 aromatic carbocycles. The molecular weight excluding hydrogens is 346 g/mol. The number of halogens is 2. The Balaban J connectivity index is 2.14. The van der Waals surface area contributed by atoms with Crippen LogP contribution in [0.5, 0.6) is 0 Å². The first-order valence-corrected chi connectivity index (χ1v) is 8.49. The number of pyridine rings is 1. The number of nitrogens with zero attached hydrogens (tertiary/aromatic N) is 2. The van der Waals surface area contributed by atoms with E-state index in [0.29, 0.717) is 11.3 Å². The van der Waals surface area contributed by atoms with Crippen molar-refractivity contribution in [1.82, 2.24) is 9.88 Å². The van der Waals surface area contributed by atoms with Crippen LogP contribution in [0.3, 0.4) is 0 Å². The first-order chi connectivity index (χ1) is 12.1. The highest BCUT2D eigenvalue weighted by molar-refractivity contribution is 5.68. The molecule has 26 heavy (non-hydrogen) atoms. The molecule has 0 N–H and O–H groups in total. The van der Waals surface area contributed by atoms with Crippen molar-refractivity contribution in [3.8, 4) is 0 Å². The lowest BCUT2D eigenvalue weighted by Gasteiger charge is -2.39. The van der Waals surface area contributed by atoms with Crippen LogP contribution in [0.2, 0.25) is 0 Å². The van der Waals surface area contributed by atoms with Gasteiger partial charge < -0.3 is 19.1 Å². The molecule has 0 saturated carbocycles. The van der Waals surface area contributed by atoms with Crippen molar-refractivity contribution >= 4 is 6.09 Å². The molecule has 0 aliphatic carbocycles. The summed E-state index contributed by atoms with van der Waals surface area (Å²) in [5.41, 5.74) is 0.286. The maximum Gasteiger partial charge on any atom is 0.410 e. The molecule has 8 heteroatoms. The third kappa shape index (κ3) is 5.60. The Kier molecular flexibility index (Phi) is 6.52. The van der Waals surface area contributed by atoms with E-state index in [9.17, 15) is 13.6 Å². The molecule has 1 saturated heterocycles. The SMILES string of the molecule is COCOCc1cc(C2CN(C(=O)OC(C)(C)C)CCC2(F)F)ccn1. The van der Waals surface area contributed by atoms with Gasteiger partial charge in [-0.3, -0.25) is 4.98 Å². The van der Waals surface area contributed by atoms with E-state index in [1.54, 1.807) is 32.9 Å². The highest BCUT2D eigenvalue weighted by Gasteiger charge is 2.46. The zero-order valence-corrected chi connectivity index (χ0v) is 15.6. The third-order valence-electron chi connectivity index (χ3n) is 3.97. The van der Waals surface area contributed by atoms with Crippen LogP contribution in [0.4, 0.5) is 13.6 Å². The summed E-state index contributed by atoms with van der Waals surface area (Å²) in [5, 5.41) is 0. The molecule has 2 rings (SSSR count). The number of methoxy groups -OCH3 is 1. The highest BCUT2D eigenvalue weighted by Crippen LogP contribution is 2.40. The first kappa shape index (κ1) is 20.5. The zero-order chi connectivity index (χ0) is 19.4. The summed E-state index contributed by atoms with van der Waals surface area (Å²) < 4.78 is 44.4. The summed E-state index contributed by atoms with van der Waals surface area (Å²) in [7, 11) is 1.50. The number of rotatable bonds is 5. The van der Waals surface area contributed by atoms with E-state index in [4.69, 9.17) is 14.2 Å². The standard InChI is InChI=1S/C18H26F2N2O4/c1-17(2,3)26-16(23)22-8-6-18(19,20)15(10-22)13-5-7-21-14(9-13)11-25-12-24-4/h5,7,9,15H,6,8,10-12H2,1-4H3. The smallest absolute Gasteiger partial charge is 0.410 e. The summed E-state index contributed by atoms with van der Waals surface area (Å²) >= 11 is 0. The summed E-state index contributed by atoms with van der Waals surface area (Å²) in [6.45, 7) is 5.35. The van der Waals surface area contributed by atoms with Crippen LogP contribution < -0.4 is 0 Å². The van der Waals surface area contributed by atoms with Crippen molar-refractivity contribution in [2.45, 2.75) is 51.2 Å². The van der Waals surface area contributed by atoms with Gasteiger partial charge in [0.1, 0.15) is 12.4 Å². The minimum Gasteiger partial charge on any atom is -0.444 e. The van der Waals surface area contributed by atoms with Crippen molar-refractivity contribution in [1.29, 1.82) is 0 Å². The van der Waals surface area contributed by atoms with Gasteiger partial charge in [-0.05, 0) is 38.5 Å². The third-order valence-corrected chi connectivity index (χ3v) is 3.97. The predicted molar refractivity (Wildman–Crippen MR) is 91.0 cm³/mol. The minimum absolute atomic E-state index is 0.0344. The van der Waals surface area contributed by atoms with Crippen LogP contribution in [-0.4, -0.2) is 54.5 Å². The maximum atomic E-state index is 14.5. The Morgan fingerprint density at radius 1 is 1.42 bits per heavy atom. The molecule has 1 aliphatic rings. The average Bonchev–Trinajstić information content (AvgIpc) is 2.53. The molecule has 146 valence electrons. The molecular formula is C18H26F2N2O4. The molecule has 1 unspecified atom stereocenters. The van der Waals surface area contributed by atoms with Crippen molar-refractivity contribution < 1.29 is 27.8 Å². The van der Waals surface area contributed by atoms with Gasteiger partial charge in [-0.25, -0.2) is 13.6 Å². The Bertz CT molecular complexity index is 619. The van der Waals surface area contributed by atoms with E-state index in [1.807, 2.05) is 0 Å². The second-order valence-electron chi connectivity index (χ2n) is 7.33. The Labute approximate surface area is 152 Å². The molecule has 0 spiro atoms. The number of carbonyl (C=O) groups is 1. The van der Waals surface area contributed by atoms with Crippen LogP contribution in [0.1, 0.15) is 44.4 Å². The van der Waals surface area contributed by atoms with Gasteiger partial charge >= 0.3 is 6.09 Å². The van der Waals surface area contributed by atoms with Gasteiger partial charge in [-0.15, -0.1) is 0 Å². The fourth-order valence-corrected chi connectivity index (χ4v) is 2.77. The molecule has 1 fully saturated rings. The largest absolute Gasteiger partial charge is 0.444 e. The van der Waals surface area contributed by atoms with Crippen molar-refractivity contribution in [2.75, 3.05) is 27.0 Å². The van der Waals surface area contributed by atoms with Gasteiger partial charge in [0.15, 0.2) is 0 Å². The van der Waals surface area contributed by atoms with Crippen LogP contribution in [0, 0.1) is 0 Å². The van der Waals surface area contributed by atoms with Crippen LogP contribution in [-0.2, 0) is 20.8 Å². The van der Waals surface area contributed by atoms with E-state index in [2.05, 4.69) is 4.98 Å². The van der Waals surface area contributed by atoms with Crippen molar-refractivity contribution in [3.05, 3.63) is 29.6 Å². The predicted octanol–water partition coefficient (Wildman–Crippen LogP) is 3.56. The van der Waals surface area contributed by atoms with Gasteiger partial charge in [0.05, 0.1) is 18.2 Å². The maximum absolute atomic E-state index is 14.5. The molecule has 1 aromatic rings. The zero-order valence-electron chi connectivity index (χ0n) is 15.6. The number of hydrogen-bond donors (Lipinski definition) is 0. The molecule has 1 aromatic heterocycles. The number of hydrogen-bond acceptors (Lipinski definition) is 5. The molecule has 0 radical (unpaired) electrons. The van der Waals surface area contributed by atoms with Crippen molar-refractivity contribution in [2.24, 2.45) is 0 Å². The fraction of sp³-hybridized carbons (Fsp3) is 0.667. The highest BCUT2D eigenvalue weighted by atomic mass is 19.3. The quantitative estimate of drug-likeness (QED) is 0.584. The van der Waals surface area contributed by atoms with Gasteiger partial charge in [-0.1, -0.05) is 0 Å². The number of likely N-dealkylation sites (tertiary alicyclic amines) is 1. The molecule has 1 aliphatic heterocycles. The van der Waals surface area contributed by atoms with E-state index in [1.165, 1.54) is 18.2 Å². The summed E-state index contributed by atoms with van der Waals surface area (Å²) in [6.07, 6.45) is 0.494. The summed E-state index contributed by atoms with van der Waals surface area (Å²) in [4.78, 5) is 17.7. The van der Waals surface area contributed by atoms with E-state index >= 15 is 0 Å². The summed E-state index contributed by atoms with van der Waals surface area (Å²) in [5.74, 6) is -4.03. The number of amides is 1. The first-order valence-electron chi connectivity index (χ1n) is 8.49. The van der Waals surface area contributed by atoms with Crippen LogP contribution in [0.15, 0.2) is 18.3 Å². The number of alkyl halides is 2. The average molecular weight is 372 g/mol. The second kappa shape index (κ2) is 8.26. The Morgan fingerprint density at radius 3 is 2.81 bits per heavy atom. The second-order valence-corrected chi connectivity index (χ2v) is 7.33. The Hall–Kier alpha value is -1.80. The number of piperidine rings is 1. The molecule has 1 atom stereocenters. The van der Waals surface area contributed by atoms with Gasteiger partial charge in [0, 0.05) is 32.8 Å². The number of aromatic nitrogens is 1. The normalized spacial score (nSPS) is 20.1. The minimum atomic E-state index is -2.91. The van der Waals surface area contributed by atoms with Gasteiger partial charge in [0.25, 0.3) is 5.92 Å². The van der Waals surface area contributed by atoms with Crippen LogP contribution >= 0.6 is 0 Å². The van der Waals surface area contributed by atoms with Crippen molar-refractivity contribution in [3.63, 3.8) is 0 Å². The molecule has 1 amide bonds.